The van der Waals surface area contributed by atoms with Gasteiger partial charge in [0, 0.05) is 28.8 Å². The Hall–Kier alpha value is -1.81. The van der Waals surface area contributed by atoms with E-state index in [9.17, 15) is 13.2 Å². The highest BCUT2D eigenvalue weighted by atomic mass is 79.9. The number of carbonyl (C=O) groups is 1. The normalized spacial score (nSPS) is 11.3. The highest BCUT2D eigenvalue weighted by Crippen LogP contribution is 2.18. The van der Waals surface area contributed by atoms with Crippen molar-refractivity contribution in [1.82, 2.24) is 9.62 Å². The van der Waals surface area contributed by atoms with Crippen LogP contribution in [0.5, 0.6) is 0 Å². The molecule has 0 saturated heterocycles. The molecule has 2 aromatic rings. The Bertz CT molecular complexity index is 927. The second kappa shape index (κ2) is 9.41. The number of anilines is 1. The molecule has 6 nitrogen and oxygen atoms in total. The van der Waals surface area contributed by atoms with Crippen LogP contribution in [0.4, 0.5) is 5.69 Å². The molecular weight excluding hydrogens is 450 g/mol. The third kappa shape index (κ3) is 5.58. The summed E-state index contributed by atoms with van der Waals surface area (Å²) in [5, 5.41) is 5.58. The topological polar surface area (TPSA) is 78.5 Å². The van der Waals surface area contributed by atoms with Crippen LogP contribution in [0.25, 0.3) is 0 Å². The number of thiocarbonyl (C=S) groups is 1. The summed E-state index contributed by atoms with van der Waals surface area (Å²) < 4.78 is 27.1. The van der Waals surface area contributed by atoms with Crippen molar-refractivity contribution in [3.05, 3.63) is 58.6 Å². The van der Waals surface area contributed by atoms with Crippen LogP contribution in [-0.4, -0.2) is 36.8 Å². The van der Waals surface area contributed by atoms with Gasteiger partial charge in [0.25, 0.3) is 5.91 Å². The molecule has 2 rings (SSSR count). The fourth-order valence-electron chi connectivity index (χ4n) is 2.39. The maximum atomic E-state index is 12.5. The number of benzene rings is 2. The number of nitrogens with zero attached hydrogens (tertiary/aromatic N) is 1. The average Bonchev–Trinajstić information content (AvgIpc) is 2.62. The minimum atomic E-state index is -3.51. The molecule has 0 radical (unpaired) electrons. The standard InChI is InChI=1S/C18H20BrN3O3S2/c1-3-22(4-2)27(24,25)16-10-8-15(9-11-16)20-18(26)21-17(23)13-6-5-7-14(19)12-13/h5-12H,3-4H2,1-2H3,(H2,20,21,23,26). The van der Waals surface area contributed by atoms with Gasteiger partial charge in [-0.2, -0.15) is 4.31 Å². The summed E-state index contributed by atoms with van der Waals surface area (Å²) in [5.41, 5.74) is 1.04. The van der Waals surface area contributed by atoms with Crippen LogP contribution in [0.1, 0.15) is 24.2 Å². The van der Waals surface area contributed by atoms with E-state index in [1.807, 2.05) is 6.07 Å². The molecule has 9 heteroatoms. The van der Waals surface area contributed by atoms with Gasteiger partial charge < -0.3 is 5.32 Å². The molecule has 0 aliphatic carbocycles. The van der Waals surface area contributed by atoms with E-state index in [1.165, 1.54) is 16.4 Å². The molecule has 2 N–H and O–H groups in total. The van der Waals surface area contributed by atoms with Crippen LogP contribution in [0.2, 0.25) is 0 Å². The molecule has 0 spiro atoms. The first-order chi connectivity index (χ1) is 12.8. The smallest absolute Gasteiger partial charge is 0.257 e. The summed E-state index contributed by atoms with van der Waals surface area (Å²) in [6, 6.07) is 13.2. The van der Waals surface area contributed by atoms with E-state index >= 15 is 0 Å². The number of rotatable bonds is 6. The molecule has 0 aliphatic rings. The van der Waals surface area contributed by atoms with Crippen LogP contribution < -0.4 is 10.6 Å². The molecule has 0 fully saturated rings. The maximum Gasteiger partial charge on any atom is 0.257 e. The first kappa shape index (κ1) is 21.5. The van der Waals surface area contributed by atoms with E-state index in [-0.39, 0.29) is 15.9 Å². The molecule has 2 aromatic carbocycles. The van der Waals surface area contributed by atoms with Gasteiger partial charge in [-0.05, 0) is 54.7 Å². The van der Waals surface area contributed by atoms with Crippen molar-refractivity contribution in [3.8, 4) is 0 Å². The number of sulfonamides is 1. The van der Waals surface area contributed by atoms with Crippen LogP contribution in [0, 0.1) is 0 Å². The molecular formula is C18H20BrN3O3S2. The number of carbonyl (C=O) groups excluding carboxylic acids is 1. The Balaban J connectivity index is 2.04. The number of amides is 1. The summed E-state index contributed by atoms with van der Waals surface area (Å²) in [4.78, 5) is 12.4. The van der Waals surface area contributed by atoms with Crippen molar-refractivity contribution in [2.24, 2.45) is 0 Å². The maximum absolute atomic E-state index is 12.5. The van der Waals surface area contributed by atoms with Crippen molar-refractivity contribution in [2.45, 2.75) is 18.7 Å². The van der Waals surface area contributed by atoms with Crippen molar-refractivity contribution < 1.29 is 13.2 Å². The zero-order chi connectivity index (χ0) is 20.0. The molecule has 0 atom stereocenters. The van der Waals surface area contributed by atoms with Gasteiger partial charge in [0.05, 0.1) is 4.90 Å². The van der Waals surface area contributed by atoms with Gasteiger partial charge in [-0.15, -0.1) is 0 Å². The number of hydrogen-bond donors (Lipinski definition) is 2. The summed E-state index contributed by atoms with van der Waals surface area (Å²) >= 11 is 8.46. The minimum Gasteiger partial charge on any atom is -0.332 e. The lowest BCUT2D eigenvalue weighted by Gasteiger charge is -2.18. The molecule has 0 unspecified atom stereocenters. The van der Waals surface area contributed by atoms with E-state index in [0.717, 1.165) is 4.47 Å². The minimum absolute atomic E-state index is 0.124. The Morgan fingerprint density at radius 1 is 1.11 bits per heavy atom. The van der Waals surface area contributed by atoms with Crippen molar-refractivity contribution >= 4 is 54.9 Å². The van der Waals surface area contributed by atoms with Gasteiger partial charge in [-0.1, -0.05) is 35.8 Å². The number of halogens is 1. The first-order valence-corrected chi connectivity index (χ1v) is 10.9. The summed E-state index contributed by atoms with van der Waals surface area (Å²) in [5.74, 6) is -0.338. The van der Waals surface area contributed by atoms with Gasteiger partial charge in [0.2, 0.25) is 10.0 Å². The summed E-state index contributed by atoms with van der Waals surface area (Å²) in [7, 11) is -3.51. The van der Waals surface area contributed by atoms with Crippen molar-refractivity contribution in [3.63, 3.8) is 0 Å². The third-order valence-electron chi connectivity index (χ3n) is 3.77. The fraction of sp³-hybridized carbons (Fsp3) is 0.222. The highest BCUT2D eigenvalue weighted by molar-refractivity contribution is 9.10. The number of nitrogens with one attached hydrogen (secondary N) is 2. The number of hydrogen-bond acceptors (Lipinski definition) is 4. The van der Waals surface area contributed by atoms with Gasteiger partial charge in [0.15, 0.2) is 5.11 Å². The largest absolute Gasteiger partial charge is 0.332 e. The lowest BCUT2D eigenvalue weighted by molar-refractivity contribution is 0.0977. The van der Waals surface area contributed by atoms with Crippen LogP contribution in [0.3, 0.4) is 0 Å². The summed E-state index contributed by atoms with van der Waals surface area (Å²) in [6.07, 6.45) is 0. The van der Waals surface area contributed by atoms with Crippen LogP contribution in [0.15, 0.2) is 57.9 Å². The van der Waals surface area contributed by atoms with Crippen LogP contribution >= 0.6 is 28.1 Å². The Morgan fingerprint density at radius 2 is 1.74 bits per heavy atom. The molecule has 0 aliphatic heterocycles. The predicted molar refractivity (Wildman–Crippen MR) is 114 cm³/mol. The lowest BCUT2D eigenvalue weighted by atomic mass is 10.2. The average molecular weight is 470 g/mol. The Morgan fingerprint density at radius 3 is 2.30 bits per heavy atom. The van der Waals surface area contributed by atoms with Crippen LogP contribution in [-0.2, 0) is 10.0 Å². The van der Waals surface area contributed by atoms with Gasteiger partial charge in [-0.3, -0.25) is 10.1 Å². The monoisotopic (exact) mass is 469 g/mol. The van der Waals surface area contributed by atoms with Crippen molar-refractivity contribution in [2.75, 3.05) is 18.4 Å². The zero-order valence-electron chi connectivity index (χ0n) is 14.9. The van der Waals surface area contributed by atoms with E-state index in [4.69, 9.17) is 12.2 Å². The van der Waals surface area contributed by atoms with Crippen molar-refractivity contribution in [1.29, 1.82) is 0 Å². The summed E-state index contributed by atoms with van der Waals surface area (Å²) in [6.45, 7) is 4.40. The molecule has 27 heavy (non-hydrogen) atoms. The molecule has 0 aromatic heterocycles. The molecule has 0 saturated carbocycles. The van der Waals surface area contributed by atoms with E-state index in [1.54, 1.807) is 44.2 Å². The lowest BCUT2D eigenvalue weighted by Crippen LogP contribution is -2.34. The van der Waals surface area contributed by atoms with Gasteiger partial charge >= 0.3 is 0 Å². The van der Waals surface area contributed by atoms with E-state index in [2.05, 4.69) is 26.6 Å². The predicted octanol–water partition coefficient (Wildman–Crippen LogP) is 3.61. The molecule has 144 valence electrons. The first-order valence-electron chi connectivity index (χ1n) is 8.26. The molecule has 1 amide bonds. The van der Waals surface area contributed by atoms with E-state index < -0.39 is 10.0 Å². The SMILES string of the molecule is CCN(CC)S(=O)(=O)c1ccc(NC(=S)NC(=O)c2cccc(Br)c2)cc1. The van der Waals surface area contributed by atoms with Gasteiger partial charge in [-0.25, -0.2) is 8.42 Å². The zero-order valence-corrected chi connectivity index (χ0v) is 18.1. The quantitative estimate of drug-likeness (QED) is 0.631. The molecule has 0 bridgehead atoms. The Kier molecular flexibility index (Phi) is 7.49. The highest BCUT2D eigenvalue weighted by Gasteiger charge is 2.21. The second-order valence-corrected chi connectivity index (χ2v) is 8.79. The third-order valence-corrected chi connectivity index (χ3v) is 6.53. The fourth-order valence-corrected chi connectivity index (χ4v) is 4.46. The van der Waals surface area contributed by atoms with Gasteiger partial charge in [0.1, 0.15) is 0 Å². The molecule has 0 heterocycles. The Labute approximate surface area is 173 Å². The van der Waals surface area contributed by atoms with E-state index in [0.29, 0.717) is 24.3 Å². The second-order valence-electron chi connectivity index (χ2n) is 5.53.